The van der Waals surface area contributed by atoms with Crippen LogP contribution in [0.5, 0.6) is 5.75 Å². The molecule has 1 N–H and O–H groups in total. The number of amides is 1. The third kappa shape index (κ3) is 5.31. The average Bonchev–Trinajstić information content (AvgIpc) is 3.06. The number of hydrogen-bond acceptors (Lipinski definition) is 5. The Morgan fingerprint density at radius 1 is 1.09 bits per heavy atom. The number of aryl methyl sites for hydroxylation is 1. The second-order valence-electron chi connectivity index (χ2n) is 7.98. The number of carbonyl (C=O) groups is 2. The number of ether oxygens (including phenoxy) is 1. The standard InChI is InChI=1S/C26H31BrN2O4/c1-5-28(6-2)14-15-29-23(18-8-11-20(27)12-9-18)22(25(31)26(29)32)24(30)19-10-13-21(33-7-3)17(4)16-19/h8-13,16,23,30H,5-7,14-15H2,1-4H3/t23-/m0/s1. The highest BCUT2D eigenvalue weighted by Crippen LogP contribution is 2.40. The number of halogens is 1. The van der Waals surface area contributed by atoms with Gasteiger partial charge < -0.3 is 19.6 Å². The third-order valence-corrected chi connectivity index (χ3v) is 6.55. The van der Waals surface area contributed by atoms with Crippen molar-refractivity contribution < 1.29 is 19.4 Å². The fourth-order valence-electron chi connectivity index (χ4n) is 4.16. The summed E-state index contributed by atoms with van der Waals surface area (Å²) < 4.78 is 6.49. The van der Waals surface area contributed by atoms with Crippen molar-refractivity contribution in [2.75, 3.05) is 32.8 Å². The molecule has 1 amide bonds. The minimum absolute atomic E-state index is 0.116. The van der Waals surface area contributed by atoms with E-state index in [-0.39, 0.29) is 11.3 Å². The number of rotatable bonds is 9. The summed E-state index contributed by atoms with van der Waals surface area (Å²) in [5.74, 6) is -0.693. The van der Waals surface area contributed by atoms with Crippen molar-refractivity contribution in [2.45, 2.75) is 33.7 Å². The molecule has 6 nitrogen and oxygen atoms in total. The maximum Gasteiger partial charge on any atom is 0.295 e. The molecule has 2 aromatic rings. The van der Waals surface area contributed by atoms with Gasteiger partial charge >= 0.3 is 0 Å². The number of aliphatic hydroxyl groups excluding tert-OH is 1. The van der Waals surface area contributed by atoms with Crippen LogP contribution in [-0.4, -0.2) is 59.4 Å². The summed E-state index contributed by atoms with van der Waals surface area (Å²) in [7, 11) is 0. The number of likely N-dealkylation sites (tertiary alicyclic amines) is 1. The van der Waals surface area contributed by atoms with Crippen LogP contribution in [0, 0.1) is 6.92 Å². The number of nitrogens with zero attached hydrogens (tertiary/aromatic N) is 2. The molecule has 1 aliphatic rings. The van der Waals surface area contributed by atoms with Gasteiger partial charge in [0.25, 0.3) is 11.7 Å². The van der Waals surface area contributed by atoms with Crippen molar-refractivity contribution in [2.24, 2.45) is 0 Å². The molecule has 1 saturated heterocycles. The van der Waals surface area contributed by atoms with Crippen molar-refractivity contribution in [1.29, 1.82) is 0 Å². The Morgan fingerprint density at radius 3 is 2.33 bits per heavy atom. The van der Waals surface area contributed by atoms with Gasteiger partial charge in [-0.2, -0.15) is 0 Å². The Morgan fingerprint density at radius 2 is 1.76 bits per heavy atom. The van der Waals surface area contributed by atoms with Crippen LogP contribution in [-0.2, 0) is 9.59 Å². The van der Waals surface area contributed by atoms with Gasteiger partial charge in [0.05, 0.1) is 18.2 Å². The molecule has 0 radical (unpaired) electrons. The summed E-state index contributed by atoms with van der Waals surface area (Å²) in [6, 6.07) is 12.1. The molecule has 0 spiro atoms. The molecule has 33 heavy (non-hydrogen) atoms. The number of carbonyl (C=O) groups excluding carboxylic acids is 2. The van der Waals surface area contributed by atoms with Crippen LogP contribution in [0.4, 0.5) is 0 Å². The highest BCUT2D eigenvalue weighted by Gasteiger charge is 2.45. The van der Waals surface area contributed by atoms with Crippen LogP contribution in [0.2, 0.25) is 0 Å². The van der Waals surface area contributed by atoms with Gasteiger partial charge in [0.15, 0.2) is 0 Å². The van der Waals surface area contributed by atoms with Crippen LogP contribution in [0.1, 0.15) is 43.5 Å². The smallest absolute Gasteiger partial charge is 0.295 e. The second kappa shape index (κ2) is 11.0. The third-order valence-electron chi connectivity index (χ3n) is 6.03. The van der Waals surface area contributed by atoms with E-state index < -0.39 is 17.7 Å². The molecule has 0 saturated carbocycles. The molecule has 3 rings (SSSR count). The monoisotopic (exact) mass is 514 g/mol. The Labute approximate surface area is 204 Å². The van der Waals surface area contributed by atoms with E-state index in [2.05, 4.69) is 34.7 Å². The number of likely N-dealkylation sites (N-methyl/N-ethyl adjacent to an activating group) is 1. The maximum absolute atomic E-state index is 13.2. The van der Waals surface area contributed by atoms with Crippen molar-refractivity contribution in [3.63, 3.8) is 0 Å². The Kier molecular flexibility index (Phi) is 8.32. The Balaban J connectivity index is 2.09. The lowest BCUT2D eigenvalue weighted by Gasteiger charge is -2.28. The SMILES string of the molecule is CCOc1ccc(C(O)=C2C(=O)C(=O)N(CCN(CC)CC)[C@H]2c2ccc(Br)cc2)cc1C. The van der Waals surface area contributed by atoms with Gasteiger partial charge in [0.2, 0.25) is 0 Å². The number of ketones is 1. The lowest BCUT2D eigenvalue weighted by atomic mass is 9.95. The molecular formula is C26H31BrN2O4. The van der Waals surface area contributed by atoms with E-state index in [9.17, 15) is 14.7 Å². The second-order valence-corrected chi connectivity index (χ2v) is 8.90. The predicted molar refractivity (Wildman–Crippen MR) is 133 cm³/mol. The van der Waals surface area contributed by atoms with E-state index in [1.54, 1.807) is 23.1 Å². The molecule has 0 aromatic heterocycles. The first-order valence-corrected chi connectivity index (χ1v) is 12.1. The van der Waals surface area contributed by atoms with E-state index in [0.717, 1.165) is 34.4 Å². The zero-order valence-electron chi connectivity index (χ0n) is 19.6. The Bertz CT molecular complexity index is 1040. The number of hydrogen-bond donors (Lipinski definition) is 1. The summed E-state index contributed by atoms with van der Waals surface area (Å²) in [6.07, 6.45) is 0. The van der Waals surface area contributed by atoms with Crippen LogP contribution < -0.4 is 4.74 Å². The minimum Gasteiger partial charge on any atom is -0.507 e. The van der Waals surface area contributed by atoms with Crippen molar-refractivity contribution >= 4 is 33.4 Å². The molecule has 176 valence electrons. The van der Waals surface area contributed by atoms with Crippen molar-refractivity contribution in [1.82, 2.24) is 9.80 Å². The quantitative estimate of drug-likeness (QED) is 0.292. The summed E-state index contributed by atoms with van der Waals surface area (Å²) in [5, 5.41) is 11.2. The maximum atomic E-state index is 13.2. The molecule has 1 aliphatic heterocycles. The van der Waals surface area contributed by atoms with Crippen LogP contribution in [0.25, 0.3) is 5.76 Å². The van der Waals surface area contributed by atoms with E-state index in [0.29, 0.717) is 25.3 Å². The summed E-state index contributed by atoms with van der Waals surface area (Å²) >= 11 is 3.44. The number of benzene rings is 2. The normalized spacial score (nSPS) is 17.8. The molecule has 1 heterocycles. The van der Waals surface area contributed by atoms with Crippen molar-refractivity contribution in [3.05, 3.63) is 69.2 Å². The van der Waals surface area contributed by atoms with Crippen molar-refractivity contribution in [3.8, 4) is 5.75 Å². The average molecular weight is 515 g/mol. The van der Waals surface area contributed by atoms with E-state index >= 15 is 0 Å². The van der Waals surface area contributed by atoms with Gasteiger partial charge in [0.1, 0.15) is 11.5 Å². The van der Waals surface area contributed by atoms with E-state index in [4.69, 9.17) is 4.74 Å². The topological polar surface area (TPSA) is 70.1 Å². The van der Waals surface area contributed by atoms with Crippen LogP contribution in [0.3, 0.4) is 0 Å². The van der Waals surface area contributed by atoms with Gasteiger partial charge in [-0.1, -0.05) is 41.9 Å². The van der Waals surface area contributed by atoms with E-state index in [1.165, 1.54) is 0 Å². The Hall–Kier alpha value is -2.64. The minimum atomic E-state index is -0.661. The highest BCUT2D eigenvalue weighted by atomic mass is 79.9. The first-order chi connectivity index (χ1) is 15.8. The molecular weight excluding hydrogens is 484 g/mol. The van der Waals surface area contributed by atoms with E-state index in [1.807, 2.05) is 38.1 Å². The first-order valence-electron chi connectivity index (χ1n) is 11.3. The fraction of sp³-hybridized carbons (Fsp3) is 0.385. The lowest BCUT2D eigenvalue weighted by molar-refractivity contribution is -0.140. The van der Waals surface area contributed by atoms with Gasteiger partial charge in [-0.3, -0.25) is 9.59 Å². The van der Waals surface area contributed by atoms with Crippen LogP contribution >= 0.6 is 15.9 Å². The molecule has 7 heteroatoms. The van der Waals surface area contributed by atoms with Gasteiger partial charge in [-0.15, -0.1) is 0 Å². The summed E-state index contributed by atoms with van der Waals surface area (Å²) in [6.45, 7) is 11.2. The molecule has 1 fully saturated rings. The largest absolute Gasteiger partial charge is 0.507 e. The van der Waals surface area contributed by atoms with Gasteiger partial charge in [-0.25, -0.2) is 0 Å². The lowest BCUT2D eigenvalue weighted by Crippen LogP contribution is -2.38. The molecule has 2 aromatic carbocycles. The molecule has 0 aliphatic carbocycles. The highest BCUT2D eigenvalue weighted by molar-refractivity contribution is 9.10. The zero-order valence-corrected chi connectivity index (χ0v) is 21.2. The predicted octanol–water partition coefficient (Wildman–Crippen LogP) is 4.92. The number of aliphatic hydroxyl groups is 1. The fourth-order valence-corrected chi connectivity index (χ4v) is 4.43. The number of Topliss-reactive ketones (excluding diaryl/α,β-unsaturated/α-hetero) is 1. The summed E-state index contributed by atoms with van der Waals surface area (Å²) in [5.41, 5.74) is 2.23. The molecule has 0 bridgehead atoms. The van der Waals surface area contributed by atoms with Gasteiger partial charge in [0, 0.05) is 23.1 Å². The summed E-state index contributed by atoms with van der Waals surface area (Å²) in [4.78, 5) is 30.0. The molecule has 1 atom stereocenters. The molecule has 0 unspecified atom stereocenters. The zero-order chi connectivity index (χ0) is 24.1. The van der Waals surface area contributed by atoms with Gasteiger partial charge in [-0.05, 0) is 68.4 Å². The first kappa shape index (κ1) is 25.0. The van der Waals surface area contributed by atoms with Crippen LogP contribution in [0.15, 0.2) is 52.5 Å².